The number of carbonyl (C=O) groups excluding carboxylic acids is 1. The van der Waals surface area contributed by atoms with Gasteiger partial charge in [0, 0.05) is 14.1 Å². The second-order valence-corrected chi connectivity index (χ2v) is 10.5. The zero-order valence-electron chi connectivity index (χ0n) is 21.1. The van der Waals surface area contributed by atoms with Crippen LogP contribution in [0, 0.1) is 40.4 Å². The summed E-state index contributed by atoms with van der Waals surface area (Å²) in [5, 5.41) is -0.292. The molecule has 0 aliphatic heterocycles. The number of benzene rings is 2. The summed E-state index contributed by atoms with van der Waals surface area (Å²) >= 11 is 0. The molecule has 0 aliphatic rings. The minimum absolute atomic E-state index is 0. The maximum absolute atomic E-state index is 14.7. The van der Waals surface area contributed by atoms with E-state index in [9.17, 15) is 17.6 Å². The number of nitrogens with zero attached hydrogens (tertiary/aromatic N) is 2. The third-order valence-corrected chi connectivity index (χ3v) is 6.91. The van der Waals surface area contributed by atoms with Crippen LogP contribution in [0.5, 0.6) is 11.6 Å². The summed E-state index contributed by atoms with van der Waals surface area (Å²) in [6.45, 7) is 9.07. The molecular formula is C28H30FN3O4S. The van der Waals surface area contributed by atoms with Gasteiger partial charge >= 0.3 is 0 Å². The summed E-state index contributed by atoms with van der Waals surface area (Å²) < 4.78 is 48.6. The molecule has 2 aromatic carbocycles. The van der Waals surface area contributed by atoms with Crippen LogP contribution in [0.1, 0.15) is 41.2 Å². The number of hydrogen-bond acceptors (Lipinski definition) is 6. The molecule has 37 heavy (non-hydrogen) atoms. The van der Waals surface area contributed by atoms with Crippen molar-refractivity contribution in [3.05, 3.63) is 100.0 Å². The van der Waals surface area contributed by atoms with E-state index < -0.39 is 21.7 Å². The summed E-state index contributed by atoms with van der Waals surface area (Å²) in [5.41, 5.74) is 4.17. The van der Waals surface area contributed by atoms with Gasteiger partial charge in [0.05, 0.1) is 5.69 Å². The van der Waals surface area contributed by atoms with Gasteiger partial charge in [-0.05, 0) is 87.7 Å². The summed E-state index contributed by atoms with van der Waals surface area (Å²) in [4.78, 5) is 21.6. The molecule has 2 aromatic heterocycles. The lowest BCUT2D eigenvalue weighted by Crippen LogP contribution is -2.31. The fourth-order valence-corrected chi connectivity index (χ4v) is 4.97. The largest absolute Gasteiger partial charge is 0.438 e. The van der Waals surface area contributed by atoms with Gasteiger partial charge in [0.2, 0.25) is 5.88 Å². The molecule has 2 heterocycles. The Morgan fingerprint density at radius 2 is 1.59 bits per heavy atom. The van der Waals surface area contributed by atoms with Gasteiger partial charge < -0.3 is 4.74 Å². The quantitative estimate of drug-likeness (QED) is 0.322. The zero-order valence-corrected chi connectivity index (χ0v) is 21.9. The molecule has 0 unspecified atom stereocenters. The lowest BCUT2D eigenvalue weighted by atomic mass is 10.1. The molecule has 0 atom stereocenters. The van der Waals surface area contributed by atoms with Crippen molar-refractivity contribution in [1.82, 2.24) is 14.7 Å². The molecule has 4 rings (SSSR count). The summed E-state index contributed by atoms with van der Waals surface area (Å²) in [6.07, 6.45) is 0. The van der Waals surface area contributed by atoms with Crippen LogP contribution in [-0.4, -0.2) is 24.3 Å². The molecule has 9 heteroatoms. The van der Waals surface area contributed by atoms with Crippen LogP contribution in [-0.2, 0) is 10.0 Å². The number of aromatic nitrogens is 2. The van der Waals surface area contributed by atoms with E-state index in [1.54, 1.807) is 32.0 Å². The lowest BCUT2D eigenvalue weighted by Gasteiger charge is -2.16. The van der Waals surface area contributed by atoms with Crippen LogP contribution in [0.15, 0.2) is 65.7 Å². The van der Waals surface area contributed by atoms with E-state index in [0.717, 1.165) is 22.3 Å². The smallest absolute Gasteiger partial charge is 0.281 e. The van der Waals surface area contributed by atoms with E-state index in [-0.39, 0.29) is 30.6 Å². The topological polar surface area (TPSA) is 98.2 Å². The van der Waals surface area contributed by atoms with E-state index in [1.807, 2.05) is 37.6 Å². The number of pyridine rings is 2. The number of hydrogen-bond donors (Lipinski definition) is 1. The Morgan fingerprint density at radius 1 is 0.892 bits per heavy atom. The van der Waals surface area contributed by atoms with Crippen molar-refractivity contribution in [2.75, 3.05) is 0 Å². The molecular weight excluding hydrogens is 493 g/mol. The van der Waals surface area contributed by atoms with Gasteiger partial charge in [0.25, 0.3) is 15.9 Å². The Kier molecular flexibility index (Phi) is 7.09. The third-order valence-electron chi connectivity index (χ3n) is 5.67. The maximum atomic E-state index is 14.7. The van der Waals surface area contributed by atoms with E-state index in [4.69, 9.17) is 4.74 Å². The van der Waals surface area contributed by atoms with Crippen molar-refractivity contribution in [2.24, 2.45) is 0 Å². The Balaban J connectivity index is 0.00000267. The van der Waals surface area contributed by atoms with E-state index in [0.29, 0.717) is 11.4 Å². The fraction of sp³-hybridized carbons (Fsp3) is 0.179. The minimum Gasteiger partial charge on any atom is -0.438 e. The molecule has 0 fully saturated rings. The van der Waals surface area contributed by atoms with Gasteiger partial charge in [0.1, 0.15) is 17.1 Å². The van der Waals surface area contributed by atoms with Crippen molar-refractivity contribution in [2.45, 2.75) is 39.6 Å². The second kappa shape index (κ2) is 10.1. The molecule has 0 spiro atoms. The molecule has 7 nitrogen and oxygen atoms in total. The average Bonchev–Trinajstić information content (AvgIpc) is 2.81. The van der Waals surface area contributed by atoms with Crippen LogP contribution in [0.2, 0.25) is 0 Å². The van der Waals surface area contributed by atoms with Gasteiger partial charge in [-0.3, -0.25) is 4.79 Å². The van der Waals surface area contributed by atoms with Crippen molar-refractivity contribution >= 4 is 15.9 Å². The fourth-order valence-electron chi connectivity index (χ4n) is 3.99. The highest BCUT2D eigenvalue weighted by Crippen LogP contribution is 2.33. The van der Waals surface area contributed by atoms with E-state index >= 15 is 0 Å². The van der Waals surface area contributed by atoms with Crippen molar-refractivity contribution in [3.8, 4) is 22.9 Å². The van der Waals surface area contributed by atoms with Crippen LogP contribution in [0.3, 0.4) is 0 Å². The molecule has 0 radical (unpaired) electrons. The highest BCUT2D eigenvalue weighted by atomic mass is 32.2. The summed E-state index contributed by atoms with van der Waals surface area (Å²) in [5.74, 6) is -1.12. The third kappa shape index (κ3) is 5.67. The highest BCUT2D eigenvalue weighted by molar-refractivity contribution is 7.90. The highest BCUT2D eigenvalue weighted by Gasteiger charge is 2.25. The molecule has 1 N–H and O–H groups in total. The van der Waals surface area contributed by atoms with Gasteiger partial charge in [-0.2, -0.15) is 8.42 Å². The second-order valence-electron chi connectivity index (χ2n) is 8.91. The number of amides is 1. The SMILES string of the molecule is Cc1cc(C)c(Oc2nc(-c3ccc(C)cc3F)ccc2C(=O)NS(=O)(=O)c2cccc(C)n2)c(C)c1.[HH].[HH]. The van der Waals surface area contributed by atoms with Crippen LogP contribution in [0.25, 0.3) is 11.3 Å². The zero-order chi connectivity index (χ0) is 26.9. The maximum Gasteiger partial charge on any atom is 0.281 e. The van der Waals surface area contributed by atoms with Gasteiger partial charge in [-0.1, -0.05) is 29.8 Å². The Hall–Kier alpha value is -4.11. The monoisotopic (exact) mass is 523 g/mol. The first-order valence-electron chi connectivity index (χ1n) is 11.5. The standard InChI is InChI=1S/C28H26FN3O4S.2H2/c1-16-9-10-21(23(29)15-16)24-12-11-22(27(33)32-37(34,35)25-8-6-7-20(5)30-25)28(31-24)36-26-18(3)13-17(2)14-19(26)4;;/h6-15H,1-5H3,(H,32,33);2*1H. The summed E-state index contributed by atoms with van der Waals surface area (Å²) in [6, 6.07) is 15.8. The van der Waals surface area contributed by atoms with Gasteiger partial charge in [0.15, 0.2) is 5.03 Å². The van der Waals surface area contributed by atoms with Crippen LogP contribution >= 0.6 is 0 Å². The normalized spacial score (nSPS) is 11.3. The first-order valence-corrected chi connectivity index (χ1v) is 13.0. The first kappa shape index (κ1) is 26.0. The summed E-state index contributed by atoms with van der Waals surface area (Å²) in [7, 11) is -4.27. The van der Waals surface area contributed by atoms with Crippen LogP contribution in [0.4, 0.5) is 4.39 Å². The Bertz CT molecular complexity index is 1620. The number of aryl methyl sites for hydroxylation is 5. The minimum atomic E-state index is -4.27. The lowest BCUT2D eigenvalue weighted by molar-refractivity contribution is 0.0978. The molecule has 0 saturated carbocycles. The molecule has 0 bridgehead atoms. The number of sulfonamides is 1. The molecule has 1 amide bonds. The number of ether oxygens (including phenoxy) is 1. The van der Waals surface area contributed by atoms with Crippen LogP contribution < -0.4 is 9.46 Å². The number of rotatable bonds is 6. The first-order chi connectivity index (χ1) is 17.4. The molecule has 0 saturated heterocycles. The number of halogens is 1. The molecule has 0 aliphatic carbocycles. The Labute approximate surface area is 218 Å². The van der Waals surface area contributed by atoms with Crippen molar-refractivity contribution in [1.29, 1.82) is 0 Å². The van der Waals surface area contributed by atoms with E-state index in [1.165, 1.54) is 30.3 Å². The number of nitrogens with one attached hydrogen (secondary N) is 1. The molecule has 194 valence electrons. The molecule has 4 aromatic rings. The predicted molar refractivity (Wildman–Crippen MR) is 143 cm³/mol. The van der Waals surface area contributed by atoms with E-state index in [2.05, 4.69) is 9.97 Å². The van der Waals surface area contributed by atoms with Crippen molar-refractivity contribution in [3.63, 3.8) is 0 Å². The van der Waals surface area contributed by atoms with Crippen molar-refractivity contribution < 1.29 is 25.2 Å². The average molecular weight is 524 g/mol. The van der Waals surface area contributed by atoms with Gasteiger partial charge in [-0.25, -0.2) is 19.1 Å². The predicted octanol–water partition coefficient (Wildman–Crippen LogP) is 6.23. The Morgan fingerprint density at radius 3 is 2.24 bits per heavy atom. The van der Waals surface area contributed by atoms with Gasteiger partial charge in [-0.15, -0.1) is 0 Å². The number of carbonyl (C=O) groups is 1.